The molecule has 2 aromatic carbocycles. The van der Waals surface area contributed by atoms with Crippen molar-refractivity contribution in [1.82, 2.24) is 19.9 Å². The van der Waals surface area contributed by atoms with Crippen molar-refractivity contribution in [3.05, 3.63) is 56.0 Å². The molecule has 2 aromatic heterocycles. The lowest BCUT2D eigenvalue weighted by molar-refractivity contribution is -0.138. The molecule has 0 saturated heterocycles. The van der Waals surface area contributed by atoms with Crippen molar-refractivity contribution in [1.29, 1.82) is 0 Å². The Morgan fingerprint density at radius 3 is 1.12 bits per heavy atom. The van der Waals surface area contributed by atoms with Crippen molar-refractivity contribution in [2.45, 2.75) is 32.5 Å². The SMILES string of the molecule is FC(F)(F)c1ccc2nc3c(nc2c1)S/C(=C1/Sc2nc4ccc(C(F)(F)F)cc4nc2S1)S3. The maximum atomic E-state index is 13.0. The summed E-state index contributed by atoms with van der Waals surface area (Å²) in [6.07, 6.45) is -8.95. The second kappa shape index (κ2) is 7.67. The van der Waals surface area contributed by atoms with E-state index in [4.69, 9.17) is 0 Å². The molecule has 0 N–H and O–H groups in total. The van der Waals surface area contributed by atoms with Crippen LogP contribution in [0.15, 0.2) is 65.0 Å². The van der Waals surface area contributed by atoms with E-state index in [9.17, 15) is 26.3 Å². The van der Waals surface area contributed by atoms with Crippen LogP contribution in [0.4, 0.5) is 26.3 Å². The van der Waals surface area contributed by atoms with E-state index < -0.39 is 23.5 Å². The van der Waals surface area contributed by atoms with Crippen LogP contribution in [0.3, 0.4) is 0 Å². The molecular weight excluding hydrogens is 539 g/mol. The average Bonchev–Trinajstić information content (AvgIpc) is 3.36. The van der Waals surface area contributed by atoms with Crippen molar-refractivity contribution in [2.24, 2.45) is 0 Å². The first-order valence-electron chi connectivity index (χ1n) is 9.28. The van der Waals surface area contributed by atoms with Crippen LogP contribution >= 0.6 is 47.0 Å². The number of aromatic nitrogens is 4. The molecule has 0 aliphatic carbocycles. The van der Waals surface area contributed by atoms with Crippen LogP contribution in [-0.4, -0.2) is 19.9 Å². The van der Waals surface area contributed by atoms with Gasteiger partial charge in [0.05, 0.1) is 41.7 Å². The van der Waals surface area contributed by atoms with Gasteiger partial charge in [-0.25, -0.2) is 19.9 Å². The summed E-state index contributed by atoms with van der Waals surface area (Å²) in [7, 11) is 0. The van der Waals surface area contributed by atoms with Gasteiger partial charge in [0.15, 0.2) is 0 Å². The third kappa shape index (κ3) is 3.89. The molecule has 2 aliphatic heterocycles. The van der Waals surface area contributed by atoms with Crippen molar-refractivity contribution >= 4 is 69.1 Å². The Kier molecular flexibility index (Phi) is 5.03. The summed E-state index contributed by atoms with van der Waals surface area (Å²) in [5.74, 6) is 0. The maximum absolute atomic E-state index is 13.0. The molecule has 0 unspecified atom stereocenters. The first-order chi connectivity index (χ1) is 16.0. The molecular formula is C20H6F6N4S4. The van der Waals surface area contributed by atoms with Crippen LogP contribution < -0.4 is 0 Å². The fourth-order valence-electron chi connectivity index (χ4n) is 3.22. The predicted molar refractivity (Wildman–Crippen MR) is 120 cm³/mol. The molecule has 0 saturated carbocycles. The lowest BCUT2D eigenvalue weighted by Crippen LogP contribution is -2.04. The van der Waals surface area contributed by atoms with Crippen LogP contribution in [-0.2, 0) is 12.4 Å². The average molecular weight is 545 g/mol. The minimum Gasteiger partial charge on any atom is -0.237 e. The highest BCUT2D eigenvalue weighted by Gasteiger charge is 2.34. The largest absolute Gasteiger partial charge is 0.416 e. The van der Waals surface area contributed by atoms with Gasteiger partial charge in [0, 0.05) is 0 Å². The molecule has 4 heterocycles. The van der Waals surface area contributed by atoms with Crippen molar-refractivity contribution in [3.8, 4) is 0 Å². The van der Waals surface area contributed by atoms with E-state index in [1.807, 2.05) is 0 Å². The van der Waals surface area contributed by atoms with Crippen LogP contribution in [0.5, 0.6) is 0 Å². The molecule has 0 bridgehead atoms. The molecule has 2 aliphatic rings. The molecule has 0 spiro atoms. The zero-order chi connectivity index (χ0) is 23.8. The second-order valence-corrected chi connectivity index (χ2v) is 11.6. The molecule has 4 nitrogen and oxygen atoms in total. The minimum absolute atomic E-state index is 0.151. The van der Waals surface area contributed by atoms with E-state index in [1.54, 1.807) is 0 Å². The quantitative estimate of drug-likeness (QED) is 0.208. The number of benzene rings is 2. The van der Waals surface area contributed by atoms with Gasteiger partial charge in [-0.3, -0.25) is 0 Å². The topological polar surface area (TPSA) is 51.6 Å². The van der Waals surface area contributed by atoms with Gasteiger partial charge in [-0.15, -0.1) is 0 Å². The van der Waals surface area contributed by atoms with Gasteiger partial charge in [0.25, 0.3) is 0 Å². The summed E-state index contributed by atoms with van der Waals surface area (Å²) in [6.45, 7) is 0. The van der Waals surface area contributed by atoms with Gasteiger partial charge in [0.2, 0.25) is 0 Å². The van der Waals surface area contributed by atoms with Crippen LogP contribution in [0.2, 0.25) is 0 Å². The Labute approximate surface area is 203 Å². The van der Waals surface area contributed by atoms with Crippen LogP contribution in [0.25, 0.3) is 22.1 Å². The van der Waals surface area contributed by atoms with E-state index in [0.29, 0.717) is 31.1 Å². The first kappa shape index (κ1) is 22.3. The van der Waals surface area contributed by atoms with Crippen LogP contribution in [0.1, 0.15) is 11.1 Å². The van der Waals surface area contributed by atoms with Gasteiger partial charge < -0.3 is 0 Å². The lowest BCUT2D eigenvalue weighted by Gasteiger charge is -2.07. The third-order valence-corrected chi connectivity index (χ3v) is 10.0. The van der Waals surface area contributed by atoms with Gasteiger partial charge in [-0.1, -0.05) is 47.0 Å². The number of alkyl halides is 6. The zero-order valence-corrected chi connectivity index (χ0v) is 19.4. The lowest BCUT2D eigenvalue weighted by atomic mass is 10.2. The zero-order valence-electron chi connectivity index (χ0n) is 16.2. The van der Waals surface area contributed by atoms with E-state index in [2.05, 4.69) is 19.9 Å². The molecule has 0 fully saturated rings. The molecule has 0 radical (unpaired) electrons. The summed E-state index contributed by atoms with van der Waals surface area (Å²) in [4.78, 5) is 17.6. The number of hydrogen-bond acceptors (Lipinski definition) is 8. The standard InChI is InChI=1S/C20H6F6N4S4/c21-19(22,23)7-1-3-9-11(5-7)29-15-13(27-9)31-17(33-15)18-32-14-16(34-18)30-12-6-8(20(24,25)26)2-4-10(12)28-14/h1-6H/b18-17-. The van der Waals surface area contributed by atoms with E-state index in [1.165, 1.54) is 59.2 Å². The summed E-state index contributed by atoms with van der Waals surface area (Å²) < 4.78 is 79.8. The normalized spacial score (nSPS) is 18.1. The summed E-state index contributed by atoms with van der Waals surface area (Å²) in [5.41, 5.74) is -0.569. The van der Waals surface area contributed by atoms with Gasteiger partial charge in [-0.2, -0.15) is 26.3 Å². The monoisotopic (exact) mass is 544 g/mol. The van der Waals surface area contributed by atoms with Crippen molar-refractivity contribution in [2.75, 3.05) is 0 Å². The number of nitrogens with zero attached hydrogens (tertiary/aromatic N) is 4. The molecule has 172 valence electrons. The fraction of sp³-hybridized carbons (Fsp3) is 0.100. The fourth-order valence-corrected chi connectivity index (χ4v) is 8.15. The third-order valence-electron chi connectivity index (χ3n) is 4.78. The Hall–Kier alpha value is -2.16. The van der Waals surface area contributed by atoms with E-state index in [0.717, 1.165) is 32.7 Å². The Morgan fingerprint density at radius 2 is 0.794 bits per heavy atom. The second-order valence-electron chi connectivity index (χ2n) is 7.05. The summed E-state index contributed by atoms with van der Waals surface area (Å²) in [5, 5.41) is 2.16. The Balaban J connectivity index is 1.33. The highest BCUT2D eigenvalue weighted by Crippen LogP contribution is 2.60. The van der Waals surface area contributed by atoms with Gasteiger partial charge in [0.1, 0.15) is 20.1 Å². The van der Waals surface area contributed by atoms with Gasteiger partial charge in [-0.05, 0) is 36.4 Å². The summed E-state index contributed by atoms with van der Waals surface area (Å²) in [6, 6.07) is 6.49. The summed E-state index contributed by atoms with van der Waals surface area (Å²) >= 11 is 5.25. The van der Waals surface area contributed by atoms with Crippen molar-refractivity contribution < 1.29 is 26.3 Å². The number of hydrogen-bond donors (Lipinski definition) is 0. The minimum atomic E-state index is -4.47. The molecule has 4 aromatic rings. The molecule has 6 rings (SSSR count). The van der Waals surface area contributed by atoms with E-state index >= 15 is 0 Å². The molecule has 14 heteroatoms. The number of rotatable bonds is 0. The number of thioether (sulfide) groups is 4. The van der Waals surface area contributed by atoms with Crippen LogP contribution in [0, 0.1) is 0 Å². The Morgan fingerprint density at radius 1 is 0.471 bits per heavy atom. The maximum Gasteiger partial charge on any atom is 0.416 e. The van der Waals surface area contributed by atoms with E-state index in [-0.39, 0.29) is 11.0 Å². The predicted octanol–water partition coefficient (Wildman–Crippen LogP) is 7.83. The molecule has 0 amide bonds. The number of fused-ring (bicyclic) bond motifs is 4. The number of halogens is 6. The van der Waals surface area contributed by atoms with Crippen molar-refractivity contribution in [3.63, 3.8) is 0 Å². The highest BCUT2D eigenvalue weighted by atomic mass is 32.2. The highest BCUT2D eigenvalue weighted by molar-refractivity contribution is 8.30. The molecule has 34 heavy (non-hydrogen) atoms. The smallest absolute Gasteiger partial charge is 0.237 e. The first-order valence-corrected chi connectivity index (χ1v) is 12.5. The molecule has 0 atom stereocenters. The van der Waals surface area contributed by atoms with Gasteiger partial charge >= 0.3 is 12.4 Å². The Bertz CT molecular complexity index is 1440.